The van der Waals surface area contributed by atoms with E-state index in [0.29, 0.717) is 17.3 Å². The molecule has 1 amide bonds. The highest BCUT2D eigenvalue weighted by atomic mass is 16.3. The second-order valence-electron chi connectivity index (χ2n) is 5.24. The van der Waals surface area contributed by atoms with E-state index in [2.05, 4.69) is 15.3 Å². The molecule has 0 aliphatic heterocycles. The fourth-order valence-electron chi connectivity index (χ4n) is 2.42. The lowest BCUT2D eigenvalue weighted by atomic mass is 10.2. The summed E-state index contributed by atoms with van der Waals surface area (Å²) >= 11 is 0. The molecule has 0 atom stereocenters. The topological polar surface area (TPSA) is 68.0 Å². The Morgan fingerprint density at radius 3 is 2.67 bits per heavy atom. The van der Waals surface area contributed by atoms with Crippen molar-refractivity contribution in [2.75, 3.05) is 5.32 Å². The smallest absolute Gasteiger partial charge is 0.274 e. The average molecular weight is 315 g/mol. The van der Waals surface area contributed by atoms with Crippen LogP contribution in [-0.2, 0) is 0 Å². The number of carbonyl (C=O) groups is 1. The number of hydrogen-bond donors (Lipinski definition) is 1. The number of carbonyl (C=O) groups excluding carboxylic acids is 1. The monoisotopic (exact) mass is 315 g/mol. The molecule has 2 aromatic carbocycles. The molecule has 0 radical (unpaired) electrons. The number of nitrogens with one attached hydrogen (secondary N) is 1. The van der Waals surface area contributed by atoms with Gasteiger partial charge in [0.05, 0.1) is 0 Å². The van der Waals surface area contributed by atoms with Crippen LogP contribution in [0.15, 0.2) is 77.3 Å². The van der Waals surface area contributed by atoms with E-state index in [1.165, 1.54) is 0 Å². The number of aromatic nitrogens is 2. The summed E-state index contributed by atoms with van der Waals surface area (Å²) in [6.07, 6.45) is 1.59. The predicted octanol–water partition coefficient (Wildman–Crippen LogP) is 4.14. The Morgan fingerprint density at radius 1 is 0.958 bits per heavy atom. The molecule has 2 aromatic heterocycles. The van der Waals surface area contributed by atoms with Crippen LogP contribution in [-0.4, -0.2) is 15.9 Å². The number of anilines is 1. The van der Waals surface area contributed by atoms with Gasteiger partial charge in [-0.05, 0) is 42.5 Å². The molecule has 0 aliphatic carbocycles. The average Bonchev–Trinajstić information content (AvgIpc) is 3.07. The van der Waals surface area contributed by atoms with Crippen molar-refractivity contribution >= 4 is 22.7 Å². The third kappa shape index (κ3) is 2.75. The maximum atomic E-state index is 12.2. The maximum absolute atomic E-state index is 12.2. The zero-order chi connectivity index (χ0) is 16.4. The molecule has 5 nitrogen and oxygen atoms in total. The molecule has 4 rings (SSSR count). The van der Waals surface area contributed by atoms with Gasteiger partial charge in [0.25, 0.3) is 5.91 Å². The van der Waals surface area contributed by atoms with Crippen LogP contribution >= 0.6 is 0 Å². The number of amides is 1. The third-order valence-corrected chi connectivity index (χ3v) is 3.56. The summed E-state index contributed by atoms with van der Waals surface area (Å²) in [6.45, 7) is 0. The Hall–Kier alpha value is -3.47. The lowest BCUT2D eigenvalue weighted by Gasteiger charge is -2.05. The standard InChI is InChI=1S/C19H13N3O2/c23-18(16-9-3-4-11-20-16)21-14-7-5-6-13(12-14)19-22-15-8-1-2-10-17(15)24-19/h1-12H,(H,21,23). The van der Waals surface area contributed by atoms with Crippen molar-refractivity contribution < 1.29 is 9.21 Å². The largest absolute Gasteiger partial charge is 0.436 e. The normalized spacial score (nSPS) is 10.7. The van der Waals surface area contributed by atoms with Gasteiger partial charge < -0.3 is 9.73 Å². The van der Waals surface area contributed by atoms with Crippen LogP contribution in [0, 0.1) is 0 Å². The molecule has 0 aliphatic rings. The number of oxazole rings is 1. The van der Waals surface area contributed by atoms with Gasteiger partial charge in [0.1, 0.15) is 11.2 Å². The molecule has 5 heteroatoms. The first-order valence-electron chi connectivity index (χ1n) is 7.48. The number of para-hydroxylation sites is 2. The molecule has 24 heavy (non-hydrogen) atoms. The molecule has 0 saturated carbocycles. The summed E-state index contributed by atoms with van der Waals surface area (Å²) in [4.78, 5) is 20.7. The SMILES string of the molecule is O=C(Nc1cccc(-c2nc3ccccc3o2)c1)c1ccccn1. The van der Waals surface area contributed by atoms with E-state index in [4.69, 9.17) is 4.42 Å². The molecule has 0 bridgehead atoms. The van der Waals surface area contributed by atoms with Gasteiger partial charge in [0.2, 0.25) is 5.89 Å². The third-order valence-electron chi connectivity index (χ3n) is 3.56. The number of fused-ring (bicyclic) bond motifs is 1. The minimum Gasteiger partial charge on any atom is -0.436 e. The van der Waals surface area contributed by atoms with E-state index >= 15 is 0 Å². The van der Waals surface area contributed by atoms with Crippen LogP contribution in [0.2, 0.25) is 0 Å². The summed E-state index contributed by atoms with van der Waals surface area (Å²) in [6, 6.07) is 20.2. The summed E-state index contributed by atoms with van der Waals surface area (Å²) in [5.74, 6) is 0.260. The molecule has 116 valence electrons. The zero-order valence-corrected chi connectivity index (χ0v) is 12.6. The summed E-state index contributed by atoms with van der Waals surface area (Å²) in [5.41, 5.74) is 3.35. The first-order valence-corrected chi connectivity index (χ1v) is 7.48. The molecule has 0 spiro atoms. The van der Waals surface area contributed by atoms with E-state index in [0.717, 1.165) is 16.7 Å². The first-order chi connectivity index (χ1) is 11.8. The van der Waals surface area contributed by atoms with Gasteiger partial charge in [-0.2, -0.15) is 0 Å². The molecular formula is C19H13N3O2. The number of hydrogen-bond acceptors (Lipinski definition) is 4. The van der Waals surface area contributed by atoms with E-state index in [-0.39, 0.29) is 5.91 Å². The Labute approximate surface area is 138 Å². The predicted molar refractivity (Wildman–Crippen MR) is 91.6 cm³/mol. The fourth-order valence-corrected chi connectivity index (χ4v) is 2.42. The number of benzene rings is 2. The Bertz CT molecular complexity index is 976. The van der Waals surface area contributed by atoms with Crippen molar-refractivity contribution in [1.29, 1.82) is 0 Å². The highest BCUT2D eigenvalue weighted by molar-refractivity contribution is 6.03. The summed E-state index contributed by atoms with van der Waals surface area (Å²) < 4.78 is 5.76. The fraction of sp³-hybridized carbons (Fsp3) is 0. The first kappa shape index (κ1) is 14.1. The van der Waals surface area contributed by atoms with Gasteiger partial charge in [0.15, 0.2) is 5.58 Å². The van der Waals surface area contributed by atoms with E-state index in [1.807, 2.05) is 48.5 Å². The van der Waals surface area contributed by atoms with Gasteiger partial charge in [-0.3, -0.25) is 9.78 Å². The molecule has 4 aromatic rings. The second-order valence-corrected chi connectivity index (χ2v) is 5.24. The van der Waals surface area contributed by atoms with Crippen LogP contribution in [0.3, 0.4) is 0 Å². The van der Waals surface area contributed by atoms with Gasteiger partial charge >= 0.3 is 0 Å². The van der Waals surface area contributed by atoms with E-state index in [9.17, 15) is 4.79 Å². The second kappa shape index (κ2) is 5.96. The van der Waals surface area contributed by atoms with Crippen molar-refractivity contribution in [2.24, 2.45) is 0 Å². The van der Waals surface area contributed by atoms with E-state index < -0.39 is 0 Å². The minimum atomic E-state index is -0.259. The number of nitrogens with zero attached hydrogens (tertiary/aromatic N) is 2. The van der Waals surface area contributed by atoms with Gasteiger partial charge in [-0.25, -0.2) is 4.98 Å². The van der Waals surface area contributed by atoms with Crippen LogP contribution in [0.25, 0.3) is 22.6 Å². The molecule has 0 unspecified atom stereocenters. The highest BCUT2D eigenvalue weighted by Crippen LogP contribution is 2.26. The Balaban J connectivity index is 1.63. The van der Waals surface area contributed by atoms with Crippen LogP contribution in [0.1, 0.15) is 10.5 Å². The molecular weight excluding hydrogens is 302 g/mol. The summed E-state index contributed by atoms with van der Waals surface area (Å²) in [5, 5.41) is 2.83. The van der Waals surface area contributed by atoms with Gasteiger partial charge in [-0.1, -0.05) is 24.3 Å². The molecule has 0 fully saturated rings. The highest BCUT2D eigenvalue weighted by Gasteiger charge is 2.10. The van der Waals surface area contributed by atoms with Crippen LogP contribution in [0.5, 0.6) is 0 Å². The Morgan fingerprint density at radius 2 is 1.83 bits per heavy atom. The maximum Gasteiger partial charge on any atom is 0.274 e. The minimum absolute atomic E-state index is 0.259. The molecule has 2 heterocycles. The van der Waals surface area contributed by atoms with Crippen molar-refractivity contribution in [3.8, 4) is 11.5 Å². The van der Waals surface area contributed by atoms with Crippen LogP contribution < -0.4 is 5.32 Å². The van der Waals surface area contributed by atoms with E-state index in [1.54, 1.807) is 24.4 Å². The van der Waals surface area contributed by atoms with Crippen molar-refractivity contribution in [2.45, 2.75) is 0 Å². The van der Waals surface area contributed by atoms with Gasteiger partial charge in [0, 0.05) is 17.4 Å². The lowest BCUT2D eigenvalue weighted by Crippen LogP contribution is -2.13. The quantitative estimate of drug-likeness (QED) is 0.617. The number of rotatable bonds is 3. The van der Waals surface area contributed by atoms with Gasteiger partial charge in [-0.15, -0.1) is 0 Å². The van der Waals surface area contributed by atoms with Crippen LogP contribution in [0.4, 0.5) is 5.69 Å². The number of pyridine rings is 1. The molecule has 1 N–H and O–H groups in total. The van der Waals surface area contributed by atoms with Crippen molar-refractivity contribution in [1.82, 2.24) is 9.97 Å². The zero-order valence-electron chi connectivity index (χ0n) is 12.6. The van der Waals surface area contributed by atoms with Crippen molar-refractivity contribution in [3.63, 3.8) is 0 Å². The van der Waals surface area contributed by atoms with Crippen molar-refractivity contribution in [3.05, 3.63) is 78.6 Å². The molecule has 0 saturated heterocycles. The lowest BCUT2D eigenvalue weighted by molar-refractivity contribution is 0.102. The summed E-state index contributed by atoms with van der Waals surface area (Å²) in [7, 11) is 0. The Kier molecular flexibility index (Phi) is 3.51.